The number of rotatable bonds is 5. The van der Waals surface area contributed by atoms with Crippen molar-refractivity contribution in [2.75, 3.05) is 0 Å². The van der Waals surface area contributed by atoms with Gasteiger partial charge in [-0.25, -0.2) is 9.97 Å². The van der Waals surface area contributed by atoms with Crippen LogP contribution >= 0.6 is 0 Å². The summed E-state index contributed by atoms with van der Waals surface area (Å²) < 4.78 is 0. The highest BCUT2D eigenvalue weighted by Gasteiger charge is 2.08. The number of aromatic nitrogens is 2. The predicted molar refractivity (Wildman–Crippen MR) is 168 cm³/mol. The molecule has 0 amide bonds. The summed E-state index contributed by atoms with van der Waals surface area (Å²) in [6.45, 7) is 8.58. The standard InChI is InChI=1S/C38H32N2/c1-25-15-26(2)18-35(17-25)32-8-5-7-31(21-32)29-11-13-30(14-12-29)37-23-39-38(40-24-37)34-10-6-9-33(22-34)36-19-27(3)16-28(4)20-36/h5-24H,1-4H3. The van der Waals surface area contributed by atoms with E-state index in [4.69, 9.17) is 9.97 Å². The van der Waals surface area contributed by atoms with E-state index in [1.807, 2.05) is 12.4 Å². The lowest BCUT2D eigenvalue weighted by Crippen LogP contribution is -1.91. The van der Waals surface area contributed by atoms with Gasteiger partial charge in [-0.2, -0.15) is 0 Å². The number of nitrogens with zero attached hydrogens (tertiary/aromatic N) is 2. The molecule has 194 valence electrons. The van der Waals surface area contributed by atoms with Crippen LogP contribution in [0.25, 0.3) is 55.9 Å². The first kappa shape index (κ1) is 25.5. The molecule has 0 N–H and O–H groups in total. The quantitative estimate of drug-likeness (QED) is 0.228. The molecule has 0 saturated heterocycles. The van der Waals surface area contributed by atoms with E-state index in [-0.39, 0.29) is 0 Å². The minimum atomic E-state index is 0.731. The average molecular weight is 517 g/mol. The number of hydrogen-bond acceptors (Lipinski definition) is 2. The van der Waals surface area contributed by atoms with E-state index in [9.17, 15) is 0 Å². The smallest absolute Gasteiger partial charge is 0.159 e. The Morgan fingerprint density at radius 1 is 0.325 bits per heavy atom. The number of aryl methyl sites for hydroxylation is 4. The Morgan fingerprint density at radius 2 is 0.700 bits per heavy atom. The summed E-state index contributed by atoms with van der Waals surface area (Å²) in [5, 5.41) is 0. The summed E-state index contributed by atoms with van der Waals surface area (Å²) in [5.41, 5.74) is 15.5. The normalized spacial score (nSPS) is 11.0. The lowest BCUT2D eigenvalue weighted by molar-refractivity contribution is 1.18. The molecule has 0 aliphatic rings. The molecule has 1 heterocycles. The van der Waals surface area contributed by atoms with E-state index in [0.717, 1.165) is 22.5 Å². The summed E-state index contributed by atoms with van der Waals surface area (Å²) in [6, 6.07) is 39.2. The van der Waals surface area contributed by atoms with Crippen molar-refractivity contribution in [2.45, 2.75) is 27.7 Å². The van der Waals surface area contributed by atoms with Crippen molar-refractivity contribution in [3.63, 3.8) is 0 Å². The zero-order chi connectivity index (χ0) is 27.6. The van der Waals surface area contributed by atoms with Crippen molar-refractivity contribution in [2.24, 2.45) is 0 Å². The van der Waals surface area contributed by atoms with Gasteiger partial charge in [-0.1, -0.05) is 119 Å². The number of hydrogen-bond donors (Lipinski definition) is 0. The van der Waals surface area contributed by atoms with E-state index in [1.165, 1.54) is 55.6 Å². The second kappa shape index (κ2) is 10.7. The maximum atomic E-state index is 4.72. The molecule has 0 unspecified atom stereocenters. The van der Waals surface area contributed by atoms with Crippen LogP contribution in [0.4, 0.5) is 0 Å². The Labute approximate surface area is 237 Å². The molecule has 1 aromatic heterocycles. The van der Waals surface area contributed by atoms with Gasteiger partial charge in [0.05, 0.1) is 0 Å². The zero-order valence-corrected chi connectivity index (χ0v) is 23.4. The van der Waals surface area contributed by atoms with E-state index in [2.05, 4.69) is 137 Å². The first-order chi connectivity index (χ1) is 19.4. The second-order valence-electron chi connectivity index (χ2n) is 10.8. The topological polar surface area (TPSA) is 25.8 Å². The average Bonchev–Trinajstić information content (AvgIpc) is 2.96. The van der Waals surface area contributed by atoms with Crippen molar-refractivity contribution < 1.29 is 0 Å². The van der Waals surface area contributed by atoms with Gasteiger partial charge in [0.1, 0.15) is 0 Å². The van der Waals surface area contributed by atoms with Crippen LogP contribution in [0.15, 0.2) is 122 Å². The van der Waals surface area contributed by atoms with Crippen LogP contribution in [0.3, 0.4) is 0 Å². The summed E-state index contributed by atoms with van der Waals surface area (Å²) in [7, 11) is 0. The van der Waals surface area contributed by atoms with Gasteiger partial charge in [0, 0.05) is 23.5 Å². The van der Waals surface area contributed by atoms with E-state index >= 15 is 0 Å². The molecule has 2 nitrogen and oxygen atoms in total. The van der Waals surface area contributed by atoms with Gasteiger partial charge in [-0.15, -0.1) is 0 Å². The van der Waals surface area contributed by atoms with Crippen LogP contribution in [-0.4, -0.2) is 9.97 Å². The lowest BCUT2D eigenvalue weighted by Gasteiger charge is -2.10. The summed E-state index contributed by atoms with van der Waals surface area (Å²) in [4.78, 5) is 9.45. The van der Waals surface area contributed by atoms with Crippen LogP contribution in [0.2, 0.25) is 0 Å². The fourth-order valence-corrected chi connectivity index (χ4v) is 5.48. The van der Waals surface area contributed by atoms with Crippen LogP contribution < -0.4 is 0 Å². The van der Waals surface area contributed by atoms with E-state index in [1.54, 1.807) is 0 Å². The Balaban J connectivity index is 1.23. The molecule has 6 rings (SSSR count). The SMILES string of the molecule is Cc1cc(C)cc(-c2cccc(-c3ccc(-c4cnc(-c5cccc(-c6cc(C)cc(C)c6)c5)nc4)cc3)c2)c1. The van der Waals surface area contributed by atoms with Crippen LogP contribution in [0.5, 0.6) is 0 Å². The first-order valence-corrected chi connectivity index (χ1v) is 13.7. The van der Waals surface area contributed by atoms with Gasteiger partial charge in [-0.05, 0) is 78.8 Å². The third-order valence-corrected chi connectivity index (χ3v) is 7.30. The largest absolute Gasteiger partial charge is 0.236 e. The first-order valence-electron chi connectivity index (χ1n) is 13.7. The van der Waals surface area contributed by atoms with E-state index < -0.39 is 0 Å². The van der Waals surface area contributed by atoms with Gasteiger partial charge in [0.2, 0.25) is 0 Å². The van der Waals surface area contributed by atoms with Crippen molar-refractivity contribution in [1.29, 1.82) is 0 Å². The maximum Gasteiger partial charge on any atom is 0.159 e. The predicted octanol–water partition coefficient (Wildman–Crippen LogP) is 10.0. The molecule has 0 radical (unpaired) electrons. The molecule has 0 fully saturated rings. The van der Waals surface area contributed by atoms with Gasteiger partial charge in [0.25, 0.3) is 0 Å². The lowest BCUT2D eigenvalue weighted by atomic mass is 9.96. The Bertz CT molecular complexity index is 1640. The Hall–Kier alpha value is -4.82. The van der Waals surface area contributed by atoms with Crippen molar-refractivity contribution in [1.82, 2.24) is 9.97 Å². The fourth-order valence-electron chi connectivity index (χ4n) is 5.48. The molecule has 40 heavy (non-hydrogen) atoms. The molecule has 6 aromatic rings. The maximum absolute atomic E-state index is 4.72. The van der Waals surface area contributed by atoms with Crippen molar-refractivity contribution >= 4 is 0 Å². The minimum absolute atomic E-state index is 0.731. The molecule has 0 saturated carbocycles. The highest BCUT2D eigenvalue weighted by molar-refractivity contribution is 5.76. The molecule has 2 heteroatoms. The highest BCUT2D eigenvalue weighted by Crippen LogP contribution is 2.30. The molecule has 0 atom stereocenters. The van der Waals surface area contributed by atoms with Gasteiger partial charge in [-0.3, -0.25) is 0 Å². The Morgan fingerprint density at radius 3 is 1.18 bits per heavy atom. The molecular formula is C38H32N2. The monoisotopic (exact) mass is 516 g/mol. The zero-order valence-electron chi connectivity index (χ0n) is 23.4. The van der Waals surface area contributed by atoms with Gasteiger partial charge in [0.15, 0.2) is 5.82 Å². The molecule has 0 bridgehead atoms. The third kappa shape index (κ3) is 5.48. The molecule has 0 aliphatic carbocycles. The van der Waals surface area contributed by atoms with E-state index in [0.29, 0.717) is 0 Å². The van der Waals surface area contributed by atoms with Crippen molar-refractivity contribution in [3.8, 4) is 55.9 Å². The van der Waals surface area contributed by atoms with Gasteiger partial charge >= 0.3 is 0 Å². The Kier molecular flexibility index (Phi) is 6.84. The molecular weight excluding hydrogens is 484 g/mol. The molecule has 0 aliphatic heterocycles. The van der Waals surface area contributed by atoms with Crippen LogP contribution in [0.1, 0.15) is 22.3 Å². The second-order valence-corrected chi connectivity index (χ2v) is 10.8. The molecule has 5 aromatic carbocycles. The number of benzene rings is 5. The van der Waals surface area contributed by atoms with Gasteiger partial charge < -0.3 is 0 Å². The van der Waals surface area contributed by atoms with Crippen LogP contribution in [-0.2, 0) is 0 Å². The minimum Gasteiger partial charge on any atom is -0.236 e. The van der Waals surface area contributed by atoms with Crippen molar-refractivity contribution in [3.05, 3.63) is 144 Å². The van der Waals surface area contributed by atoms with Crippen LogP contribution in [0, 0.1) is 27.7 Å². The third-order valence-electron chi connectivity index (χ3n) is 7.30. The fraction of sp³-hybridized carbons (Fsp3) is 0.105. The summed E-state index contributed by atoms with van der Waals surface area (Å²) >= 11 is 0. The summed E-state index contributed by atoms with van der Waals surface area (Å²) in [6.07, 6.45) is 3.84. The molecule has 0 spiro atoms. The highest BCUT2D eigenvalue weighted by atomic mass is 14.9. The summed E-state index contributed by atoms with van der Waals surface area (Å²) in [5.74, 6) is 0.731.